The van der Waals surface area contributed by atoms with Gasteiger partial charge in [0.25, 0.3) is 0 Å². The smallest absolute Gasteiger partial charge is 0.225 e. The molecule has 0 aliphatic heterocycles. The maximum Gasteiger partial charge on any atom is 0.225 e. The van der Waals surface area contributed by atoms with Crippen molar-refractivity contribution >= 4 is 23.2 Å². The van der Waals surface area contributed by atoms with Gasteiger partial charge in [-0.05, 0) is 36.2 Å². The van der Waals surface area contributed by atoms with E-state index in [1.807, 2.05) is 49.4 Å². The standard InChI is InChI=1S/C21H21N7O/c1-15-6-5-13-22-21(15)24-20(29)12-11-19-26-25-18-10-9-17(27-28(18)19)23-14-16-7-3-2-4-8-16/h2-10,13H,11-12,14H2,1H3,(H,23,27)(H,22,24,29). The molecule has 0 bridgehead atoms. The number of pyridine rings is 1. The van der Waals surface area contributed by atoms with Gasteiger partial charge in [0, 0.05) is 25.6 Å². The molecule has 0 saturated heterocycles. The number of rotatable bonds is 7. The minimum absolute atomic E-state index is 0.123. The summed E-state index contributed by atoms with van der Waals surface area (Å²) in [6.45, 7) is 2.57. The Hall–Kier alpha value is -3.81. The molecule has 8 nitrogen and oxygen atoms in total. The van der Waals surface area contributed by atoms with Gasteiger partial charge in [-0.2, -0.15) is 4.52 Å². The molecule has 3 aromatic heterocycles. The SMILES string of the molecule is Cc1cccnc1NC(=O)CCc1nnc2ccc(NCc3ccccc3)nn12. The predicted octanol–water partition coefficient (Wildman–Crippen LogP) is 3.01. The Bertz CT molecular complexity index is 1120. The number of carbonyl (C=O) groups is 1. The van der Waals surface area contributed by atoms with E-state index in [-0.39, 0.29) is 12.3 Å². The predicted molar refractivity (Wildman–Crippen MR) is 110 cm³/mol. The first-order valence-corrected chi connectivity index (χ1v) is 9.39. The molecule has 0 saturated carbocycles. The minimum Gasteiger partial charge on any atom is -0.365 e. The fourth-order valence-corrected chi connectivity index (χ4v) is 2.91. The zero-order valence-electron chi connectivity index (χ0n) is 16.0. The van der Waals surface area contributed by atoms with Crippen LogP contribution in [0.15, 0.2) is 60.8 Å². The van der Waals surface area contributed by atoms with E-state index in [1.54, 1.807) is 10.7 Å². The van der Waals surface area contributed by atoms with Gasteiger partial charge in [-0.25, -0.2) is 4.98 Å². The average Bonchev–Trinajstić information content (AvgIpc) is 3.15. The molecule has 3 heterocycles. The van der Waals surface area contributed by atoms with E-state index in [0.29, 0.717) is 30.3 Å². The molecule has 0 aliphatic carbocycles. The number of hydrogen-bond acceptors (Lipinski definition) is 6. The monoisotopic (exact) mass is 387 g/mol. The zero-order valence-corrected chi connectivity index (χ0v) is 16.0. The van der Waals surface area contributed by atoms with E-state index in [0.717, 1.165) is 11.4 Å². The highest BCUT2D eigenvalue weighted by Gasteiger charge is 2.11. The third-order valence-corrected chi connectivity index (χ3v) is 4.49. The number of aryl methyl sites for hydroxylation is 2. The van der Waals surface area contributed by atoms with Crippen molar-refractivity contribution in [2.24, 2.45) is 0 Å². The fraction of sp³-hybridized carbons (Fsp3) is 0.190. The number of aromatic nitrogens is 5. The van der Waals surface area contributed by atoms with E-state index in [1.165, 1.54) is 5.56 Å². The highest BCUT2D eigenvalue weighted by Crippen LogP contribution is 2.12. The summed E-state index contributed by atoms with van der Waals surface area (Å²) in [7, 11) is 0. The van der Waals surface area contributed by atoms with Crippen molar-refractivity contribution in [3.05, 3.63) is 77.7 Å². The molecular weight excluding hydrogens is 366 g/mol. The van der Waals surface area contributed by atoms with E-state index >= 15 is 0 Å². The lowest BCUT2D eigenvalue weighted by Crippen LogP contribution is -2.15. The zero-order chi connectivity index (χ0) is 20.1. The highest BCUT2D eigenvalue weighted by atomic mass is 16.1. The Morgan fingerprint density at radius 2 is 1.90 bits per heavy atom. The van der Waals surface area contributed by atoms with E-state index in [9.17, 15) is 4.79 Å². The number of benzene rings is 1. The van der Waals surface area contributed by atoms with Gasteiger partial charge in [-0.3, -0.25) is 4.79 Å². The summed E-state index contributed by atoms with van der Waals surface area (Å²) in [6.07, 6.45) is 2.34. The second kappa shape index (κ2) is 8.47. The normalized spacial score (nSPS) is 10.8. The van der Waals surface area contributed by atoms with E-state index < -0.39 is 0 Å². The molecule has 0 atom stereocenters. The summed E-state index contributed by atoms with van der Waals surface area (Å²) < 4.78 is 1.67. The maximum absolute atomic E-state index is 12.3. The van der Waals surface area contributed by atoms with Crippen LogP contribution in [-0.4, -0.2) is 30.7 Å². The van der Waals surface area contributed by atoms with E-state index in [4.69, 9.17) is 0 Å². The van der Waals surface area contributed by atoms with Gasteiger partial charge in [0.15, 0.2) is 11.5 Å². The van der Waals surface area contributed by atoms with Crippen molar-refractivity contribution in [2.45, 2.75) is 26.3 Å². The molecule has 0 spiro atoms. The largest absolute Gasteiger partial charge is 0.365 e. The number of amides is 1. The molecule has 0 aliphatic rings. The van der Waals surface area contributed by atoms with Gasteiger partial charge in [0.2, 0.25) is 5.91 Å². The molecule has 1 aromatic carbocycles. The molecule has 0 radical (unpaired) electrons. The quantitative estimate of drug-likeness (QED) is 0.506. The van der Waals surface area contributed by atoms with Gasteiger partial charge in [-0.15, -0.1) is 15.3 Å². The molecule has 146 valence electrons. The van der Waals surface area contributed by atoms with Gasteiger partial charge in [0.1, 0.15) is 11.6 Å². The number of nitrogens with one attached hydrogen (secondary N) is 2. The van der Waals surface area contributed by atoms with Crippen molar-refractivity contribution in [3.63, 3.8) is 0 Å². The number of anilines is 2. The van der Waals surface area contributed by atoms with Crippen LogP contribution in [0.5, 0.6) is 0 Å². The Kier molecular flexibility index (Phi) is 5.42. The summed E-state index contributed by atoms with van der Waals surface area (Å²) in [5.74, 6) is 1.81. The van der Waals surface area contributed by atoms with Crippen LogP contribution in [0.25, 0.3) is 5.65 Å². The maximum atomic E-state index is 12.3. The molecular formula is C21H21N7O. The molecule has 0 unspecified atom stereocenters. The van der Waals surface area contributed by atoms with Crippen LogP contribution in [-0.2, 0) is 17.8 Å². The summed E-state index contributed by atoms with van der Waals surface area (Å²) in [5.41, 5.74) is 2.73. The van der Waals surface area contributed by atoms with Crippen LogP contribution < -0.4 is 10.6 Å². The summed E-state index contributed by atoms with van der Waals surface area (Å²) >= 11 is 0. The molecule has 8 heteroatoms. The van der Waals surface area contributed by atoms with Gasteiger partial charge < -0.3 is 10.6 Å². The summed E-state index contributed by atoms with van der Waals surface area (Å²) in [6, 6.07) is 17.6. The topological polar surface area (TPSA) is 97.1 Å². The first kappa shape index (κ1) is 18.5. The molecule has 2 N–H and O–H groups in total. The van der Waals surface area contributed by atoms with Crippen molar-refractivity contribution in [1.29, 1.82) is 0 Å². The van der Waals surface area contributed by atoms with Crippen molar-refractivity contribution in [3.8, 4) is 0 Å². The molecule has 4 rings (SSSR count). The third-order valence-electron chi connectivity index (χ3n) is 4.49. The second-order valence-corrected chi connectivity index (χ2v) is 6.66. The fourth-order valence-electron chi connectivity index (χ4n) is 2.91. The van der Waals surface area contributed by atoms with Gasteiger partial charge in [0.05, 0.1) is 0 Å². The van der Waals surface area contributed by atoms with Crippen molar-refractivity contribution < 1.29 is 4.79 Å². The lowest BCUT2D eigenvalue weighted by atomic mass is 10.2. The number of nitrogens with zero attached hydrogens (tertiary/aromatic N) is 5. The lowest BCUT2D eigenvalue weighted by molar-refractivity contribution is -0.116. The van der Waals surface area contributed by atoms with Crippen LogP contribution in [0.4, 0.5) is 11.6 Å². The molecule has 1 amide bonds. The van der Waals surface area contributed by atoms with Gasteiger partial charge >= 0.3 is 0 Å². The third kappa shape index (κ3) is 4.55. The second-order valence-electron chi connectivity index (χ2n) is 6.66. The average molecular weight is 387 g/mol. The van der Waals surface area contributed by atoms with Crippen molar-refractivity contribution in [2.75, 3.05) is 10.6 Å². The van der Waals surface area contributed by atoms with Crippen molar-refractivity contribution in [1.82, 2.24) is 24.8 Å². The first-order chi connectivity index (χ1) is 14.2. The Labute approximate surface area is 168 Å². The Morgan fingerprint density at radius 3 is 2.72 bits per heavy atom. The minimum atomic E-state index is -0.123. The molecule has 0 fully saturated rings. The van der Waals surface area contributed by atoms with Crippen LogP contribution >= 0.6 is 0 Å². The van der Waals surface area contributed by atoms with E-state index in [2.05, 4.69) is 43.0 Å². The molecule has 4 aromatic rings. The lowest BCUT2D eigenvalue weighted by Gasteiger charge is -2.07. The molecule has 29 heavy (non-hydrogen) atoms. The summed E-state index contributed by atoms with van der Waals surface area (Å²) in [5, 5.41) is 19.0. The van der Waals surface area contributed by atoms with Crippen LogP contribution in [0.2, 0.25) is 0 Å². The number of carbonyl (C=O) groups excluding carboxylic acids is 1. The Balaban J connectivity index is 1.41. The number of hydrogen-bond donors (Lipinski definition) is 2. The van der Waals surface area contributed by atoms with Crippen LogP contribution in [0, 0.1) is 6.92 Å². The van der Waals surface area contributed by atoms with Gasteiger partial charge in [-0.1, -0.05) is 36.4 Å². The Morgan fingerprint density at radius 1 is 1.03 bits per heavy atom. The first-order valence-electron chi connectivity index (χ1n) is 9.39. The highest BCUT2D eigenvalue weighted by molar-refractivity contribution is 5.90. The summed E-state index contributed by atoms with van der Waals surface area (Å²) in [4.78, 5) is 16.5. The van der Waals surface area contributed by atoms with Crippen LogP contribution in [0.1, 0.15) is 23.4 Å². The van der Waals surface area contributed by atoms with Crippen LogP contribution in [0.3, 0.4) is 0 Å². The number of fused-ring (bicyclic) bond motifs is 1.